The van der Waals surface area contributed by atoms with Gasteiger partial charge in [-0.1, -0.05) is 17.7 Å². The molecule has 0 aromatic heterocycles. The molecule has 5 N–H and O–H groups in total. The molecule has 1 aromatic carbocycles. The van der Waals surface area contributed by atoms with Crippen LogP contribution in [0.15, 0.2) is 12.1 Å². The molecule has 3 atom stereocenters. The van der Waals surface area contributed by atoms with Gasteiger partial charge < -0.3 is 25.4 Å². The first-order chi connectivity index (χ1) is 13.2. The lowest BCUT2D eigenvalue weighted by Gasteiger charge is -2.37. The van der Waals surface area contributed by atoms with Gasteiger partial charge in [0.25, 0.3) is 0 Å². The molecule has 0 amide bonds. The summed E-state index contributed by atoms with van der Waals surface area (Å²) in [5.74, 6) is 1.49. The fraction of sp³-hybridized carbons (Fsp3) is 0.579. The standard InChI is InChI=1S/C19H28ClN5O2/c1-11-8-15(21-2)25-19(23-11)24-13-9-14-18(27-10-26-14)16(17(13)20)12-4-3-6-22-7-5-12/h5,9,11,15,19,21-25H,3-4,6-8,10H2,1-2H3. The Bertz CT molecular complexity index is 727. The summed E-state index contributed by atoms with van der Waals surface area (Å²) in [6.07, 6.45) is 5.39. The van der Waals surface area contributed by atoms with Gasteiger partial charge in [-0.25, -0.2) is 0 Å². The highest BCUT2D eigenvalue weighted by Gasteiger charge is 2.29. The molecular formula is C19H28ClN5O2. The first-order valence-corrected chi connectivity index (χ1v) is 10.0. The zero-order valence-corrected chi connectivity index (χ0v) is 16.6. The molecular weight excluding hydrogens is 366 g/mol. The summed E-state index contributed by atoms with van der Waals surface area (Å²) in [5, 5.41) is 17.9. The van der Waals surface area contributed by atoms with Crippen molar-refractivity contribution in [2.75, 3.05) is 32.2 Å². The number of halogens is 1. The Hall–Kier alpha value is -1.51. The number of hydrogen-bond donors (Lipinski definition) is 5. The molecule has 0 bridgehead atoms. The molecule has 8 heteroatoms. The topological polar surface area (TPSA) is 78.6 Å². The highest BCUT2D eigenvalue weighted by atomic mass is 35.5. The third kappa shape index (κ3) is 4.02. The van der Waals surface area contributed by atoms with Crippen molar-refractivity contribution >= 4 is 22.9 Å². The molecule has 1 saturated heterocycles. The van der Waals surface area contributed by atoms with Gasteiger partial charge in [0.05, 0.1) is 16.9 Å². The lowest BCUT2D eigenvalue weighted by molar-refractivity contribution is 0.173. The Morgan fingerprint density at radius 3 is 3.00 bits per heavy atom. The van der Waals surface area contributed by atoms with Crippen LogP contribution in [0.1, 0.15) is 31.7 Å². The monoisotopic (exact) mass is 393 g/mol. The van der Waals surface area contributed by atoms with Gasteiger partial charge in [0.1, 0.15) is 6.29 Å². The van der Waals surface area contributed by atoms with Crippen LogP contribution in [-0.4, -0.2) is 45.4 Å². The minimum absolute atomic E-state index is 0.0956. The predicted octanol–water partition coefficient (Wildman–Crippen LogP) is 2.05. The van der Waals surface area contributed by atoms with E-state index in [4.69, 9.17) is 21.1 Å². The van der Waals surface area contributed by atoms with Crippen molar-refractivity contribution in [2.45, 2.75) is 44.7 Å². The van der Waals surface area contributed by atoms with Gasteiger partial charge in [-0.3, -0.25) is 10.6 Å². The summed E-state index contributed by atoms with van der Waals surface area (Å²) in [6, 6.07) is 2.31. The van der Waals surface area contributed by atoms with Crippen molar-refractivity contribution in [1.82, 2.24) is 21.3 Å². The van der Waals surface area contributed by atoms with Crippen molar-refractivity contribution in [2.24, 2.45) is 0 Å². The van der Waals surface area contributed by atoms with E-state index >= 15 is 0 Å². The van der Waals surface area contributed by atoms with Crippen LogP contribution in [0.3, 0.4) is 0 Å². The summed E-state index contributed by atoms with van der Waals surface area (Å²) in [4.78, 5) is 0. The summed E-state index contributed by atoms with van der Waals surface area (Å²) >= 11 is 6.87. The maximum Gasteiger partial charge on any atom is 0.231 e. The fourth-order valence-corrected chi connectivity index (χ4v) is 4.22. The van der Waals surface area contributed by atoms with Crippen LogP contribution in [0.5, 0.6) is 11.5 Å². The quantitative estimate of drug-likeness (QED) is 0.535. The molecule has 0 aliphatic carbocycles. The minimum atomic E-state index is -0.0956. The minimum Gasteiger partial charge on any atom is -0.453 e. The molecule has 0 saturated carbocycles. The number of anilines is 1. The van der Waals surface area contributed by atoms with Gasteiger partial charge in [-0.05, 0) is 45.4 Å². The fourth-order valence-electron chi connectivity index (χ4n) is 3.91. The maximum absolute atomic E-state index is 6.87. The second-order valence-corrected chi connectivity index (χ2v) is 7.65. The normalized spacial score (nSPS) is 27.8. The summed E-state index contributed by atoms with van der Waals surface area (Å²) in [6.45, 7) is 4.25. The third-order valence-corrected chi connectivity index (χ3v) is 5.66. The summed E-state index contributed by atoms with van der Waals surface area (Å²) in [7, 11) is 1.96. The van der Waals surface area contributed by atoms with Crippen molar-refractivity contribution in [3.05, 3.63) is 22.7 Å². The summed E-state index contributed by atoms with van der Waals surface area (Å²) in [5.41, 5.74) is 3.00. The van der Waals surface area contributed by atoms with Crippen LogP contribution >= 0.6 is 11.6 Å². The van der Waals surface area contributed by atoms with Gasteiger partial charge in [0.15, 0.2) is 11.5 Å². The molecule has 4 rings (SSSR count). The molecule has 3 aliphatic rings. The van der Waals surface area contributed by atoms with Crippen molar-refractivity contribution in [3.8, 4) is 11.5 Å². The Balaban J connectivity index is 1.65. The van der Waals surface area contributed by atoms with Gasteiger partial charge in [-0.15, -0.1) is 0 Å². The SMILES string of the molecule is CNC1CC(C)NC(Nc2cc3c(c(C4=CCNCCC4)c2Cl)OCO3)N1. The molecule has 0 radical (unpaired) electrons. The van der Waals surface area contributed by atoms with E-state index < -0.39 is 0 Å². The average molecular weight is 394 g/mol. The van der Waals surface area contributed by atoms with E-state index in [1.807, 2.05) is 13.1 Å². The number of allylic oxidation sites excluding steroid dienone is 1. The molecule has 0 spiro atoms. The number of benzene rings is 1. The number of rotatable bonds is 4. The second-order valence-electron chi connectivity index (χ2n) is 7.27. The van der Waals surface area contributed by atoms with Gasteiger partial charge in [0, 0.05) is 24.2 Å². The van der Waals surface area contributed by atoms with Gasteiger partial charge in [0.2, 0.25) is 6.79 Å². The van der Waals surface area contributed by atoms with Crippen LogP contribution in [-0.2, 0) is 0 Å². The molecule has 148 valence electrons. The highest BCUT2D eigenvalue weighted by Crippen LogP contribution is 2.48. The van der Waals surface area contributed by atoms with Crippen molar-refractivity contribution in [1.29, 1.82) is 0 Å². The first-order valence-electron chi connectivity index (χ1n) is 9.64. The van der Waals surface area contributed by atoms with Crippen LogP contribution < -0.4 is 36.1 Å². The maximum atomic E-state index is 6.87. The largest absolute Gasteiger partial charge is 0.453 e. The van der Waals surface area contributed by atoms with E-state index in [1.165, 1.54) is 5.57 Å². The van der Waals surface area contributed by atoms with Crippen LogP contribution in [0.2, 0.25) is 5.02 Å². The van der Waals surface area contributed by atoms with E-state index in [0.29, 0.717) is 11.1 Å². The molecule has 7 nitrogen and oxygen atoms in total. The average Bonchev–Trinajstić information content (AvgIpc) is 2.95. The van der Waals surface area contributed by atoms with E-state index in [-0.39, 0.29) is 19.2 Å². The van der Waals surface area contributed by atoms with Gasteiger partial charge >= 0.3 is 0 Å². The van der Waals surface area contributed by atoms with E-state index in [1.54, 1.807) is 0 Å². The van der Waals surface area contributed by atoms with Crippen LogP contribution in [0, 0.1) is 0 Å². The number of hydrogen-bond acceptors (Lipinski definition) is 7. The lowest BCUT2D eigenvalue weighted by Crippen LogP contribution is -2.63. The van der Waals surface area contributed by atoms with Crippen LogP contribution in [0.25, 0.3) is 5.57 Å². The number of ether oxygens (including phenoxy) is 2. The van der Waals surface area contributed by atoms with Crippen molar-refractivity contribution in [3.63, 3.8) is 0 Å². The Morgan fingerprint density at radius 1 is 1.26 bits per heavy atom. The molecule has 27 heavy (non-hydrogen) atoms. The number of fused-ring (bicyclic) bond motifs is 1. The zero-order valence-electron chi connectivity index (χ0n) is 15.8. The van der Waals surface area contributed by atoms with E-state index in [9.17, 15) is 0 Å². The molecule has 1 fully saturated rings. The third-order valence-electron chi connectivity index (χ3n) is 5.27. The lowest BCUT2D eigenvalue weighted by atomic mass is 9.98. The molecule has 3 heterocycles. The second kappa shape index (κ2) is 8.24. The molecule has 3 unspecified atom stereocenters. The first kappa shape index (κ1) is 18.8. The van der Waals surface area contributed by atoms with Gasteiger partial charge in [-0.2, -0.15) is 0 Å². The zero-order chi connectivity index (χ0) is 18.8. The predicted molar refractivity (Wildman–Crippen MR) is 108 cm³/mol. The molecule has 1 aromatic rings. The summed E-state index contributed by atoms with van der Waals surface area (Å²) < 4.78 is 11.5. The Kier molecular flexibility index (Phi) is 5.75. The molecule has 3 aliphatic heterocycles. The Labute approximate surface area is 165 Å². The smallest absolute Gasteiger partial charge is 0.231 e. The van der Waals surface area contributed by atoms with E-state index in [0.717, 1.165) is 55.1 Å². The van der Waals surface area contributed by atoms with E-state index in [2.05, 4.69) is 39.6 Å². The van der Waals surface area contributed by atoms with Crippen LogP contribution in [0.4, 0.5) is 5.69 Å². The van der Waals surface area contributed by atoms with Crippen molar-refractivity contribution < 1.29 is 9.47 Å². The number of nitrogens with one attached hydrogen (secondary N) is 5. The highest BCUT2D eigenvalue weighted by molar-refractivity contribution is 6.35. The Morgan fingerprint density at radius 2 is 2.15 bits per heavy atom.